The van der Waals surface area contributed by atoms with Crippen molar-refractivity contribution in [2.75, 3.05) is 23.8 Å². The number of imide groups is 1. The van der Waals surface area contributed by atoms with Crippen LogP contribution < -0.4 is 16.8 Å². The Hall–Kier alpha value is -2.24. The predicted molar refractivity (Wildman–Crippen MR) is 65.1 cm³/mol. The normalized spacial score (nSPS) is 19.8. The summed E-state index contributed by atoms with van der Waals surface area (Å²) in [6.45, 7) is 0. The molecule has 17 heavy (non-hydrogen) atoms. The smallest absolute Gasteiger partial charge is 0.251 e. The Kier molecular flexibility index (Phi) is 2.63. The maximum Gasteiger partial charge on any atom is 0.251 e. The summed E-state index contributed by atoms with van der Waals surface area (Å²) in [5, 5.41) is 2.97. The molecule has 5 N–H and O–H groups in total. The number of benzene rings is 1. The van der Waals surface area contributed by atoms with Crippen LogP contribution in [0.3, 0.4) is 0 Å². The Bertz CT molecular complexity index is 486. The van der Waals surface area contributed by atoms with Crippen LogP contribution in [0.5, 0.6) is 0 Å². The molecule has 2 amide bonds. The lowest BCUT2D eigenvalue weighted by Crippen LogP contribution is -2.31. The van der Waals surface area contributed by atoms with Crippen molar-refractivity contribution < 1.29 is 9.59 Å². The van der Waals surface area contributed by atoms with E-state index in [2.05, 4.69) is 5.32 Å². The molecule has 2 rings (SSSR count). The molecule has 0 aromatic heterocycles. The molecule has 0 spiro atoms. The summed E-state index contributed by atoms with van der Waals surface area (Å²) < 4.78 is 0. The van der Waals surface area contributed by atoms with Crippen LogP contribution in [0.4, 0.5) is 17.1 Å². The minimum atomic E-state index is -0.518. The van der Waals surface area contributed by atoms with Crippen LogP contribution in [0.25, 0.3) is 0 Å². The largest absolute Gasteiger partial charge is 0.397 e. The van der Waals surface area contributed by atoms with Crippen LogP contribution in [0, 0.1) is 0 Å². The molecule has 1 aliphatic rings. The van der Waals surface area contributed by atoms with Gasteiger partial charge in [0.05, 0.1) is 17.8 Å². The Labute approximate surface area is 98.6 Å². The summed E-state index contributed by atoms with van der Waals surface area (Å²) in [5.74, 6) is -0.415. The van der Waals surface area contributed by atoms with Crippen molar-refractivity contribution in [1.82, 2.24) is 4.90 Å². The summed E-state index contributed by atoms with van der Waals surface area (Å²) in [7, 11) is 1.48. The molecule has 0 saturated carbocycles. The van der Waals surface area contributed by atoms with Crippen molar-refractivity contribution in [1.29, 1.82) is 0 Å². The first-order valence-electron chi connectivity index (χ1n) is 5.21. The average molecular weight is 234 g/mol. The van der Waals surface area contributed by atoms with Gasteiger partial charge in [-0.05, 0) is 18.2 Å². The fourth-order valence-electron chi connectivity index (χ4n) is 1.73. The highest BCUT2D eigenvalue weighted by atomic mass is 16.2. The number of hydrogen-bond acceptors (Lipinski definition) is 5. The van der Waals surface area contributed by atoms with E-state index in [9.17, 15) is 9.59 Å². The molecular formula is C11H14N4O2. The van der Waals surface area contributed by atoms with E-state index in [1.54, 1.807) is 18.2 Å². The number of nitrogens with one attached hydrogen (secondary N) is 1. The van der Waals surface area contributed by atoms with Crippen molar-refractivity contribution in [3.8, 4) is 0 Å². The maximum atomic E-state index is 11.7. The first-order chi connectivity index (χ1) is 7.99. The third kappa shape index (κ3) is 2.01. The predicted octanol–water partition coefficient (Wildman–Crippen LogP) is 0.0202. The molecule has 6 heteroatoms. The standard InChI is InChI=1S/C11H14N4O2/c1-15-10(16)5-9(11(15)17)14-6-2-3-7(12)8(13)4-6/h2-4,9,14H,5,12-13H2,1H3. The number of anilines is 3. The topological polar surface area (TPSA) is 101 Å². The Morgan fingerprint density at radius 3 is 2.53 bits per heavy atom. The van der Waals surface area contributed by atoms with E-state index in [-0.39, 0.29) is 18.2 Å². The molecule has 1 atom stereocenters. The van der Waals surface area contributed by atoms with Crippen LogP contribution in [0.1, 0.15) is 6.42 Å². The minimum Gasteiger partial charge on any atom is -0.397 e. The highest BCUT2D eigenvalue weighted by molar-refractivity contribution is 6.06. The van der Waals surface area contributed by atoms with E-state index < -0.39 is 6.04 Å². The van der Waals surface area contributed by atoms with E-state index in [1.165, 1.54) is 7.05 Å². The van der Waals surface area contributed by atoms with E-state index >= 15 is 0 Å². The number of nitrogen functional groups attached to an aromatic ring is 2. The van der Waals surface area contributed by atoms with Gasteiger partial charge in [0.25, 0.3) is 5.91 Å². The van der Waals surface area contributed by atoms with Crippen LogP contribution in [-0.4, -0.2) is 29.8 Å². The number of hydrogen-bond donors (Lipinski definition) is 3. The van der Waals surface area contributed by atoms with E-state index in [0.717, 1.165) is 4.90 Å². The Balaban J connectivity index is 2.14. The number of carbonyl (C=O) groups is 2. The molecule has 6 nitrogen and oxygen atoms in total. The molecule has 0 radical (unpaired) electrons. The number of amides is 2. The van der Waals surface area contributed by atoms with Crippen molar-refractivity contribution in [2.24, 2.45) is 0 Å². The first kappa shape index (κ1) is 11.3. The molecule has 0 aliphatic carbocycles. The van der Waals surface area contributed by atoms with Gasteiger partial charge in [0.1, 0.15) is 6.04 Å². The van der Waals surface area contributed by atoms with Gasteiger partial charge < -0.3 is 16.8 Å². The van der Waals surface area contributed by atoms with E-state index in [0.29, 0.717) is 17.1 Å². The summed E-state index contributed by atoms with van der Waals surface area (Å²) in [5.41, 5.74) is 12.9. The monoisotopic (exact) mass is 234 g/mol. The SMILES string of the molecule is CN1C(=O)CC(Nc2ccc(N)c(N)c2)C1=O. The van der Waals surface area contributed by atoms with Gasteiger partial charge in [0, 0.05) is 12.7 Å². The second-order valence-corrected chi connectivity index (χ2v) is 4.04. The zero-order chi connectivity index (χ0) is 12.6. The van der Waals surface area contributed by atoms with Gasteiger partial charge >= 0.3 is 0 Å². The lowest BCUT2D eigenvalue weighted by molar-refractivity contribution is -0.136. The second-order valence-electron chi connectivity index (χ2n) is 4.04. The molecular weight excluding hydrogens is 220 g/mol. The van der Waals surface area contributed by atoms with Gasteiger partial charge in [-0.1, -0.05) is 0 Å². The highest BCUT2D eigenvalue weighted by Gasteiger charge is 2.35. The fourth-order valence-corrected chi connectivity index (χ4v) is 1.73. The second kappa shape index (κ2) is 3.97. The average Bonchev–Trinajstić information content (AvgIpc) is 2.52. The number of nitrogens with zero attached hydrogens (tertiary/aromatic N) is 1. The van der Waals surface area contributed by atoms with Gasteiger partial charge in [-0.15, -0.1) is 0 Å². The zero-order valence-electron chi connectivity index (χ0n) is 9.43. The van der Waals surface area contributed by atoms with E-state index in [4.69, 9.17) is 11.5 Å². The highest BCUT2D eigenvalue weighted by Crippen LogP contribution is 2.22. The molecule has 1 unspecified atom stereocenters. The summed E-state index contributed by atoms with van der Waals surface area (Å²) in [4.78, 5) is 24.1. The first-order valence-corrected chi connectivity index (χ1v) is 5.21. The summed E-state index contributed by atoms with van der Waals surface area (Å²) in [6, 6.07) is 4.51. The zero-order valence-corrected chi connectivity index (χ0v) is 9.43. The summed E-state index contributed by atoms with van der Waals surface area (Å²) in [6.07, 6.45) is 0.166. The molecule has 1 saturated heterocycles. The lowest BCUT2D eigenvalue weighted by atomic mass is 10.2. The van der Waals surface area contributed by atoms with Crippen molar-refractivity contribution in [3.05, 3.63) is 18.2 Å². The van der Waals surface area contributed by atoms with Gasteiger partial charge in [-0.25, -0.2) is 0 Å². The van der Waals surface area contributed by atoms with Crippen LogP contribution in [0.15, 0.2) is 18.2 Å². The lowest BCUT2D eigenvalue weighted by Gasteiger charge is -2.13. The van der Waals surface area contributed by atoms with Crippen molar-refractivity contribution in [2.45, 2.75) is 12.5 Å². The maximum absolute atomic E-state index is 11.7. The van der Waals surface area contributed by atoms with Gasteiger partial charge in [-0.3, -0.25) is 14.5 Å². The Morgan fingerprint density at radius 2 is 2.00 bits per heavy atom. The number of nitrogens with two attached hydrogens (primary N) is 2. The molecule has 1 fully saturated rings. The van der Waals surface area contributed by atoms with Crippen LogP contribution >= 0.6 is 0 Å². The van der Waals surface area contributed by atoms with Gasteiger partial charge in [-0.2, -0.15) is 0 Å². The van der Waals surface area contributed by atoms with Crippen molar-refractivity contribution >= 4 is 28.9 Å². The number of rotatable bonds is 2. The number of likely N-dealkylation sites (tertiary alicyclic amines) is 1. The molecule has 90 valence electrons. The molecule has 1 aliphatic heterocycles. The van der Waals surface area contributed by atoms with Crippen LogP contribution in [-0.2, 0) is 9.59 Å². The Morgan fingerprint density at radius 1 is 1.29 bits per heavy atom. The molecule has 1 heterocycles. The van der Waals surface area contributed by atoms with E-state index in [1.807, 2.05) is 0 Å². The number of carbonyl (C=O) groups excluding carboxylic acids is 2. The van der Waals surface area contributed by atoms with Gasteiger partial charge in [0.15, 0.2) is 0 Å². The van der Waals surface area contributed by atoms with Crippen LogP contribution in [0.2, 0.25) is 0 Å². The molecule has 1 aromatic rings. The van der Waals surface area contributed by atoms with Crippen molar-refractivity contribution in [3.63, 3.8) is 0 Å². The molecule has 1 aromatic carbocycles. The summed E-state index contributed by atoms with van der Waals surface area (Å²) >= 11 is 0. The quantitative estimate of drug-likeness (QED) is 0.494. The molecule has 0 bridgehead atoms. The van der Waals surface area contributed by atoms with Gasteiger partial charge in [0.2, 0.25) is 5.91 Å². The minimum absolute atomic E-state index is 0.166. The fraction of sp³-hybridized carbons (Fsp3) is 0.273. The third-order valence-corrected chi connectivity index (χ3v) is 2.81. The number of likely N-dealkylation sites (N-methyl/N-ethyl adjacent to an activating group) is 1. The third-order valence-electron chi connectivity index (χ3n) is 2.81.